The maximum atomic E-state index is 14.1. The number of alkyl halides is 2. The van der Waals surface area contributed by atoms with Gasteiger partial charge in [0.05, 0.1) is 31.5 Å². The van der Waals surface area contributed by atoms with Crippen LogP contribution in [0, 0.1) is 11.1 Å². The summed E-state index contributed by atoms with van der Waals surface area (Å²) in [6, 6.07) is 16.1. The van der Waals surface area contributed by atoms with Crippen molar-refractivity contribution in [1.82, 2.24) is 4.90 Å². The number of carbonyl (C=O) groups excluding carboxylic acids is 1. The number of hydrogen-bond acceptors (Lipinski definition) is 8. The zero-order valence-electron chi connectivity index (χ0n) is 29.6. The predicted octanol–water partition coefficient (Wildman–Crippen LogP) is 7.95. The Bertz CT molecular complexity index is 1970. The van der Waals surface area contributed by atoms with E-state index in [0.29, 0.717) is 45.0 Å². The van der Waals surface area contributed by atoms with Crippen molar-refractivity contribution >= 4 is 41.0 Å². The highest BCUT2D eigenvalue weighted by Gasteiger charge is 2.38. The largest absolute Gasteiger partial charge is 0.619 e. The summed E-state index contributed by atoms with van der Waals surface area (Å²) in [5.41, 5.74) is 2.02. The van der Waals surface area contributed by atoms with Crippen LogP contribution in [0.3, 0.4) is 0 Å². The number of fused-ring (bicyclic) bond motifs is 3. The number of piperidine rings is 3. The molecule has 2 atom stereocenters. The second kappa shape index (κ2) is 17.1. The Morgan fingerprint density at radius 3 is 2.37 bits per heavy atom. The molecule has 0 radical (unpaired) electrons. The number of nitrogens with zero attached hydrogens (tertiary/aromatic N) is 3. The molecule has 54 heavy (non-hydrogen) atoms. The quantitative estimate of drug-likeness (QED) is 0.100. The van der Waals surface area contributed by atoms with Crippen molar-refractivity contribution in [2.45, 2.75) is 51.4 Å². The molecule has 0 aliphatic carbocycles. The van der Waals surface area contributed by atoms with Gasteiger partial charge in [-0.2, -0.15) is 13.5 Å². The van der Waals surface area contributed by atoms with Gasteiger partial charge in [0, 0.05) is 18.0 Å². The Morgan fingerprint density at radius 1 is 1.02 bits per heavy atom. The summed E-state index contributed by atoms with van der Waals surface area (Å²) in [5.74, 6) is -1.59. The van der Waals surface area contributed by atoms with E-state index in [1.807, 2.05) is 0 Å². The predicted molar refractivity (Wildman–Crippen MR) is 197 cm³/mol. The molecule has 15 heteroatoms. The molecule has 7 rings (SSSR count). The standard InChI is InChI=1S/C39H39Cl2F2N3O8/c1-3-52-35-17-25(9-11-34(35)53-38(42)43)27(18-29-30(40)20-45(50)21-31(29)41)28-16-23(8-10-26(28)37(47)48)19-46(32-6-4-5-7-33(32)51-2)39(49)54-36-22-44-14-12-24(36)13-15-44/h4-11,16-17,20-21,24,27,36,38H,3,12-15,18-19,22H2,1-2H3,(H,47,48)/t27-,36-/m0/s1. The maximum Gasteiger partial charge on any atom is 0.415 e. The van der Waals surface area contributed by atoms with Gasteiger partial charge in [0.2, 0.25) is 0 Å². The number of carboxylic acid groups (broad SMARTS) is 1. The Balaban J connectivity index is 1.45. The van der Waals surface area contributed by atoms with E-state index in [1.165, 1.54) is 36.3 Å². The SMILES string of the molecule is CCOc1cc([C@H](Cc2c(Cl)c[n+]([O-])cc2Cl)c2cc(CN(C(=O)O[C@H]3CN4CCC3CC4)c3ccccc3OC)ccc2C(=O)O)ccc1OC(F)F. The van der Waals surface area contributed by atoms with Gasteiger partial charge in [0.1, 0.15) is 21.9 Å². The molecule has 3 aliphatic rings. The summed E-state index contributed by atoms with van der Waals surface area (Å²) < 4.78 is 49.2. The van der Waals surface area contributed by atoms with E-state index in [4.69, 9.17) is 42.1 Å². The number of methoxy groups -OCH3 is 1. The van der Waals surface area contributed by atoms with Crippen molar-refractivity contribution in [3.8, 4) is 17.2 Å². The smallest absolute Gasteiger partial charge is 0.415 e. The molecule has 3 aromatic carbocycles. The second-order valence-electron chi connectivity index (χ2n) is 13.1. The summed E-state index contributed by atoms with van der Waals surface area (Å²) >= 11 is 13.1. The van der Waals surface area contributed by atoms with Crippen LogP contribution < -0.4 is 23.8 Å². The van der Waals surface area contributed by atoms with Gasteiger partial charge in [-0.3, -0.25) is 9.80 Å². The van der Waals surface area contributed by atoms with Crippen LogP contribution in [-0.2, 0) is 17.7 Å². The van der Waals surface area contributed by atoms with Crippen LogP contribution in [0.1, 0.15) is 58.3 Å². The molecular weight excluding hydrogens is 747 g/mol. The average molecular weight is 787 g/mol. The molecule has 0 unspecified atom stereocenters. The number of amides is 1. The molecule has 2 bridgehead atoms. The number of aromatic nitrogens is 1. The Morgan fingerprint density at radius 2 is 1.74 bits per heavy atom. The summed E-state index contributed by atoms with van der Waals surface area (Å²) in [7, 11) is 1.50. The number of hydrogen-bond donors (Lipinski definition) is 1. The molecular formula is C39H39Cl2F2N3O8. The minimum absolute atomic E-state index is 0.00817. The van der Waals surface area contributed by atoms with Gasteiger partial charge in [-0.05, 0) is 92.2 Å². The Labute approximate surface area is 321 Å². The van der Waals surface area contributed by atoms with E-state index in [1.54, 1.807) is 43.3 Å². The molecule has 1 amide bonds. The first-order valence-corrected chi connectivity index (χ1v) is 18.2. The molecule has 3 fully saturated rings. The van der Waals surface area contributed by atoms with E-state index in [-0.39, 0.29) is 58.7 Å². The lowest BCUT2D eigenvalue weighted by atomic mass is 9.82. The highest BCUT2D eigenvalue weighted by molar-refractivity contribution is 6.35. The molecule has 1 N–H and O–H groups in total. The third-order valence-electron chi connectivity index (χ3n) is 9.86. The highest BCUT2D eigenvalue weighted by atomic mass is 35.5. The minimum atomic E-state index is -3.12. The van der Waals surface area contributed by atoms with E-state index < -0.39 is 24.6 Å². The molecule has 0 saturated carbocycles. The van der Waals surface area contributed by atoms with Gasteiger partial charge < -0.3 is 29.3 Å². The number of benzene rings is 3. The fourth-order valence-electron chi connectivity index (χ4n) is 7.25. The van der Waals surface area contributed by atoms with Crippen LogP contribution in [0.4, 0.5) is 19.3 Å². The third-order valence-corrected chi connectivity index (χ3v) is 10.5. The van der Waals surface area contributed by atoms with Gasteiger partial charge >= 0.3 is 18.7 Å². The van der Waals surface area contributed by atoms with Crippen molar-refractivity contribution in [3.05, 3.63) is 116 Å². The van der Waals surface area contributed by atoms with Crippen molar-refractivity contribution in [1.29, 1.82) is 0 Å². The summed E-state index contributed by atoms with van der Waals surface area (Å²) in [4.78, 5) is 30.7. The van der Waals surface area contributed by atoms with E-state index in [9.17, 15) is 28.7 Å². The third kappa shape index (κ3) is 8.75. The molecule has 4 aromatic rings. The first-order valence-electron chi connectivity index (χ1n) is 17.4. The molecule has 11 nitrogen and oxygen atoms in total. The molecule has 0 spiro atoms. The monoisotopic (exact) mass is 785 g/mol. The number of carbonyl (C=O) groups is 2. The Hall–Kier alpha value is -4.85. The molecule has 4 heterocycles. The number of anilines is 1. The van der Waals surface area contributed by atoms with Gasteiger partial charge in [-0.25, -0.2) is 9.59 Å². The fraction of sp³-hybridized carbons (Fsp3) is 0.359. The number of carboxylic acids is 1. The van der Waals surface area contributed by atoms with Crippen molar-refractivity contribution in [2.75, 3.05) is 38.3 Å². The normalized spacial score (nSPS) is 18.2. The zero-order valence-corrected chi connectivity index (χ0v) is 31.1. The molecule has 286 valence electrons. The van der Waals surface area contributed by atoms with Crippen molar-refractivity contribution in [3.63, 3.8) is 0 Å². The zero-order chi connectivity index (χ0) is 38.5. The lowest BCUT2D eigenvalue weighted by Crippen LogP contribution is -2.53. The van der Waals surface area contributed by atoms with Crippen LogP contribution in [0.2, 0.25) is 10.0 Å². The Kier molecular flexibility index (Phi) is 12.3. The van der Waals surface area contributed by atoms with Crippen LogP contribution in [-0.4, -0.2) is 68.1 Å². The first-order chi connectivity index (χ1) is 25.9. The first kappa shape index (κ1) is 38.9. The number of pyridine rings is 1. The lowest BCUT2D eigenvalue weighted by Gasteiger charge is -2.44. The van der Waals surface area contributed by atoms with Gasteiger partial charge in [0.15, 0.2) is 23.9 Å². The highest BCUT2D eigenvalue weighted by Crippen LogP contribution is 2.40. The minimum Gasteiger partial charge on any atom is -0.619 e. The van der Waals surface area contributed by atoms with Gasteiger partial charge in [-0.15, -0.1) is 0 Å². The van der Waals surface area contributed by atoms with E-state index >= 15 is 0 Å². The summed E-state index contributed by atoms with van der Waals surface area (Å²) in [5, 5.41) is 22.7. The van der Waals surface area contributed by atoms with E-state index in [0.717, 1.165) is 38.3 Å². The van der Waals surface area contributed by atoms with Gasteiger partial charge in [0.25, 0.3) is 0 Å². The van der Waals surface area contributed by atoms with Gasteiger partial charge in [-0.1, -0.05) is 53.5 Å². The number of para-hydroxylation sites is 2. The summed E-state index contributed by atoms with van der Waals surface area (Å²) in [6.45, 7) is 1.24. The molecule has 3 aliphatic heterocycles. The van der Waals surface area contributed by atoms with Crippen molar-refractivity contribution < 1.29 is 47.2 Å². The van der Waals surface area contributed by atoms with Crippen LogP contribution in [0.25, 0.3) is 0 Å². The average Bonchev–Trinajstić information content (AvgIpc) is 3.14. The number of ether oxygens (including phenoxy) is 4. The van der Waals surface area contributed by atoms with Crippen LogP contribution in [0.5, 0.6) is 17.2 Å². The number of aromatic carboxylic acids is 1. The topological polar surface area (TPSA) is 125 Å². The molecule has 3 saturated heterocycles. The van der Waals surface area contributed by atoms with E-state index in [2.05, 4.69) is 4.90 Å². The summed E-state index contributed by atoms with van der Waals surface area (Å²) in [6.07, 6.45) is 3.27. The van der Waals surface area contributed by atoms with Crippen LogP contribution in [0.15, 0.2) is 73.1 Å². The fourth-order valence-corrected chi connectivity index (χ4v) is 7.85. The lowest BCUT2D eigenvalue weighted by molar-refractivity contribution is -0.605. The number of rotatable bonds is 14. The van der Waals surface area contributed by atoms with Crippen LogP contribution >= 0.6 is 23.2 Å². The maximum absolute atomic E-state index is 14.1. The number of halogens is 4. The molecule has 1 aromatic heterocycles. The van der Waals surface area contributed by atoms with Crippen molar-refractivity contribution in [2.24, 2.45) is 5.92 Å². The second-order valence-corrected chi connectivity index (χ2v) is 13.9.